The van der Waals surface area contributed by atoms with E-state index in [9.17, 15) is 0 Å². The van der Waals surface area contributed by atoms with Crippen molar-refractivity contribution in [1.29, 1.82) is 0 Å². The summed E-state index contributed by atoms with van der Waals surface area (Å²) in [6.07, 6.45) is 4.88. The first-order chi connectivity index (χ1) is 10.2. The molecule has 0 atom stereocenters. The first kappa shape index (κ1) is 13.9. The minimum absolute atomic E-state index is 0.229. The van der Waals surface area contributed by atoms with Crippen LogP contribution >= 0.6 is 0 Å². The van der Waals surface area contributed by atoms with Gasteiger partial charge in [-0.25, -0.2) is 9.97 Å². The van der Waals surface area contributed by atoms with Crippen molar-refractivity contribution in [1.82, 2.24) is 9.97 Å². The summed E-state index contributed by atoms with van der Waals surface area (Å²) in [6.45, 7) is 2.24. The van der Waals surface area contributed by atoms with Gasteiger partial charge in [-0.05, 0) is 25.7 Å². The van der Waals surface area contributed by atoms with Gasteiger partial charge in [0.2, 0.25) is 0 Å². The molecule has 1 aromatic carbocycles. The number of rotatable bonds is 5. The Morgan fingerprint density at radius 1 is 1.10 bits per heavy atom. The quantitative estimate of drug-likeness (QED) is 0.872. The van der Waals surface area contributed by atoms with Gasteiger partial charge in [0.25, 0.3) is 0 Å². The van der Waals surface area contributed by atoms with Gasteiger partial charge in [0.1, 0.15) is 11.6 Å². The number of aromatic nitrogens is 2. The molecular formula is C17H22N4. The average molecular weight is 282 g/mol. The highest BCUT2D eigenvalue weighted by Gasteiger charge is 2.35. The molecule has 1 aliphatic carbocycles. The van der Waals surface area contributed by atoms with Crippen LogP contribution in [0.5, 0.6) is 0 Å². The summed E-state index contributed by atoms with van der Waals surface area (Å²) >= 11 is 0. The molecule has 0 radical (unpaired) electrons. The number of nitrogens with one attached hydrogen (secondary N) is 2. The van der Waals surface area contributed by atoms with Crippen molar-refractivity contribution in [3.05, 3.63) is 36.4 Å². The lowest BCUT2D eigenvalue weighted by molar-refractivity contribution is 0.269. The van der Waals surface area contributed by atoms with Gasteiger partial charge < -0.3 is 10.6 Å². The molecule has 1 aliphatic rings. The average Bonchev–Trinajstić information content (AvgIpc) is 2.51. The van der Waals surface area contributed by atoms with Crippen molar-refractivity contribution >= 4 is 11.6 Å². The van der Waals surface area contributed by atoms with Crippen LogP contribution in [-0.4, -0.2) is 22.6 Å². The molecule has 2 N–H and O–H groups in total. The third kappa shape index (κ3) is 2.84. The Labute approximate surface area is 126 Å². The van der Waals surface area contributed by atoms with Crippen LogP contribution < -0.4 is 10.6 Å². The highest BCUT2D eigenvalue weighted by molar-refractivity contribution is 5.61. The van der Waals surface area contributed by atoms with Crippen molar-refractivity contribution in [3.63, 3.8) is 0 Å². The fourth-order valence-electron chi connectivity index (χ4n) is 2.80. The van der Waals surface area contributed by atoms with Crippen LogP contribution in [0.1, 0.15) is 32.6 Å². The van der Waals surface area contributed by atoms with E-state index in [0.29, 0.717) is 0 Å². The van der Waals surface area contributed by atoms with Gasteiger partial charge >= 0.3 is 0 Å². The maximum atomic E-state index is 4.70. The largest absolute Gasteiger partial charge is 0.373 e. The molecule has 110 valence electrons. The van der Waals surface area contributed by atoms with Crippen LogP contribution in [0, 0.1) is 0 Å². The van der Waals surface area contributed by atoms with E-state index >= 15 is 0 Å². The number of anilines is 2. The monoisotopic (exact) mass is 282 g/mol. The molecule has 2 aromatic rings. The molecule has 1 heterocycles. The van der Waals surface area contributed by atoms with Crippen LogP contribution in [0.15, 0.2) is 36.4 Å². The van der Waals surface area contributed by atoms with E-state index in [-0.39, 0.29) is 5.54 Å². The Kier molecular flexibility index (Phi) is 3.78. The third-order valence-corrected chi connectivity index (χ3v) is 4.39. The Morgan fingerprint density at radius 3 is 2.38 bits per heavy atom. The molecule has 1 aromatic heterocycles. The summed E-state index contributed by atoms with van der Waals surface area (Å²) in [6, 6.07) is 12.1. The number of hydrogen-bond donors (Lipinski definition) is 2. The molecule has 1 saturated carbocycles. The molecule has 0 unspecified atom stereocenters. The molecule has 21 heavy (non-hydrogen) atoms. The van der Waals surface area contributed by atoms with Crippen LogP contribution in [0.4, 0.5) is 11.6 Å². The van der Waals surface area contributed by atoms with E-state index in [1.807, 2.05) is 43.4 Å². The Bertz CT molecular complexity index is 600. The van der Waals surface area contributed by atoms with Gasteiger partial charge in [0, 0.05) is 24.2 Å². The van der Waals surface area contributed by atoms with Crippen LogP contribution in [-0.2, 0) is 0 Å². The van der Waals surface area contributed by atoms with Crippen LogP contribution in [0.3, 0.4) is 0 Å². The summed E-state index contributed by atoms with van der Waals surface area (Å²) in [4.78, 5) is 9.26. The normalized spacial score (nSPS) is 16.1. The molecule has 0 spiro atoms. The summed E-state index contributed by atoms with van der Waals surface area (Å²) in [5.41, 5.74) is 1.27. The minimum Gasteiger partial charge on any atom is -0.373 e. The zero-order valence-electron chi connectivity index (χ0n) is 12.7. The summed E-state index contributed by atoms with van der Waals surface area (Å²) in [5.74, 6) is 2.52. The zero-order chi connectivity index (χ0) is 14.7. The van der Waals surface area contributed by atoms with Crippen molar-refractivity contribution in [3.8, 4) is 11.4 Å². The fourth-order valence-corrected chi connectivity index (χ4v) is 2.80. The highest BCUT2D eigenvalue weighted by atomic mass is 15.1. The van der Waals surface area contributed by atoms with Crippen LogP contribution in [0.25, 0.3) is 11.4 Å². The first-order valence-electron chi connectivity index (χ1n) is 7.65. The van der Waals surface area contributed by atoms with Gasteiger partial charge in [-0.3, -0.25) is 0 Å². The lowest BCUT2D eigenvalue weighted by atomic mass is 9.75. The molecular weight excluding hydrogens is 260 g/mol. The van der Waals surface area contributed by atoms with Gasteiger partial charge in [-0.2, -0.15) is 0 Å². The second-order valence-electron chi connectivity index (χ2n) is 5.69. The number of nitrogens with zero attached hydrogens (tertiary/aromatic N) is 2. The fraction of sp³-hybridized carbons (Fsp3) is 0.412. The summed E-state index contributed by atoms with van der Waals surface area (Å²) in [7, 11) is 1.89. The molecule has 0 saturated heterocycles. The Morgan fingerprint density at radius 2 is 1.81 bits per heavy atom. The highest BCUT2D eigenvalue weighted by Crippen LogP contribution is 2.38. The lowest BCUT2D eigenvalue weighted by Crippen LogP contribution is -2.44. The van der Waals surface area contributed by atoms with Gasteiger partial charge in [0.05, 0.1) is 0 Å². The number of benzene rings is 1. The maximum Gasteiger partial charge on any atom is 0.163 e. The van der Waals surface area contributed by atoms with Gasteiger partial charge in [-0.1, -0.05) is 37.3 Å². The van der Waals surface area contributed by atoms with E-state index in [0.717, 1.165) is 29.4 Å². The molecule has 1 fully saturated rings. The molecule has 4 heteroatoms. The summed E-state index contributed by atoms with van der Waals surface area (Å²) < 4.78 is 0. The van der Waals surface area contributed by atoms with Crippen molar-refractivity contribution in [2.45, 2.75) is 38.1 Å². The molecule has 0 aliphatic heterocycles. The van der Waals surface area contributed by atoms with Gasteiger partial charge in [-0.15, -0.1) is 0 Å². The third-order valence-electron chi connectivity index (χ3n) is 4.39. The van der Waals surface area contributed by atoms with Crippen molar-refractivity contribution in [2.24, 2.45) is 0 Å². The predicted molar refractivity (Wildman–Crippen MR) is 87.5 cm³/mol. The molecule has 0 amide bonds. The van der Waals surface area contributed by atoms with E-state index in [1.54, 1.807) is 0 Å². The molecule has 3 rings (SSSR count). The van der Waals surface area contributed by atoms with E-state index in [1.165, 1.54) is 19.3 Å². The Balaban J connectivity index is 1.94. The molecule has 4 nitrogen and oxygen atoms in total. The SMILES string of the molecule is CCC1(Nc2cc(NC)nc(-c3ccccc3)n2)CCC1. The zero-order valence-corrected chi connectivity index (χ0v) is 12.7. The molecule has 0 bridgehead atoms. The standard InChI is InChI=1S/C17H22N4/c1-3-17(10-7-11-17)21-15-12-14(18-2)19-16(20-15)13-8-5-4-6-9-13/h4-6,8-9,12H,3,7,10-11H2,1-2H3,(H2,18,19,20,21). The lowest BCUT2D eigenvalue weighted by Gasteiger charge is -2.42. The van der Waals surface area contributed by atoms with Crippen LogP contribution in [0.2, 0.25) is 0 Å². The topological polar surface area (TPSA) is 49.8 Å². The summed E-state index contributed by atoms with van der Waals surface area (Å²) in [5, 5.41) is 6.76. The van der Waals surface area contributed by atoms with E-state index < -0.39 is 0 Å². The minimum atomic E-state index is 0.229. The van der Waals surface area contributed by atoms with Gasteiger partial charge in [0.15, 0.2) is 5.82 Å². The van der Waals surface area contributed by atoms with Crippen molar-refractivity contribution < 1.29 is 0 Å². The van der Waals surface area contributed by atoms with E-state index in [2.05, 4.69) is 22.5 Å². The van der Waals surface area contributed by atoms with E-state index in [4.69, 9.17) is 4.98 Å². The first-order valence-corrected chi connectivity index (χ1v) is 7.65. The number of hydrogen-bond acceptors (Lipinski definition) is 4. The predicted octanol–water partition coefficient (Wildman–Crippen LogP) is 3.93. The second-order valence-corrected chi connectivity index (χ2v) is 5.69. The smallest absolute Gasteiger partial charge is 0.163 e. The Hall–Kier alpha value is -2.10. The van der Waals surface area contributed by atoms with Crippen molar-refractivity contribution in [2.75, 3.05) is 17.7 Å². The second kappa shape index (κ2) is 5.72. The maximum absolute atomic E-state index is 4.70.